The molecule has 0 saturated heterocycles. The summed E-state index contributed by atoms with van der Waals surface area (Å²) >= 11 is 0. The summed E-state index contributed by atoms with van der Waals surface area (Å²) in [4.78, 5) is 11.3. The summed E-state index contributed by atoms with van der Waals surface area (Å²) in [6.07, 6.45) is -2.49. The van der Waals surface area contributed by atoms with E-state index in [0.717, 1.165) is 6.07 Å². The molecule has 0 atom stereocenters. The Kier molecular flexibility index (Phi) is 4.24. The Morgan fingerprint density at radius 2 is 2.05 bits per heavy atom. The van der Waals surface area contributed by atoms with Gasteiger partial charge >= 0.3 is 6.18 Å². The number of hydrogen-bond acceptors (Lipinski definition) is 6. The molecule has 7 nitrogen and oxygen atoms in total. The van der Waals surface area contributed by atoms with E-state index in [1.165, 1.54) is 7.05 Å². The smallest absolute Gasteiger partial charge is 0.369 e. The number of nitrogens with one attached hydrogen (secondary N) is 2. The van der Waals surface area contributed by atoms with Gasteiger partial charge in [0.25, 0.3) is 0 Å². The summed E-state index contributed by atoms with van der Waals surface area (Å²) in [5, 5.41) is 9.38. The molecule has 0 amide bonds. The van der Waals surface area contributed by atoms with E-state index < -0.39 is 11.9 Å². The van der Waals surface area contributed by atoms with Crippen molar-refractivity contribution in [2.45, 2.75) is 12.6 Å². The summed E-state index contributed by atoms with van der Waals surface area (Å²) in [5.41, 5.74) is -1.000. The fourth-order valence-corrected chi connectivity index (χ4v) is 1.60. The standard InChI is InChI=1S/C11H14F3N7/c1-15-10-18-7(11(12,13)14)5-9(19-10)16-4-3-8-17-6-21(2)20-8/h5-6H,3-4H2,1-2H3,(H2,15,16,18,19). The SMILES string of the molecule is CNc1nc(NCCc2ncn(C)n2)cc(C(F)(F)F)n1. The van der Waals surface area contributed by atoms with Crippen LogP contribution in [0.15, 0.2) is 12.4 Å². The van der Waals surface area contributed by atoms with Crippen molar-refractivity contribution < 1.29 is 13.2 Å². The fourth-order valence-electron chi connectivity index (χ4n) is 1.60. The molecule has 0 spiro atoms. The Morgan fingerprint density at radius 3 is 2.62 bits per heavy atom. The largest absolute Gasteiger partial charge is 0.433 e. The Hall–Kier alpha value is -2.39. The quantitative estimate of drug-likeness (QED) is 0.867. The van der Waals surface area contributed by atoms with Crippen molar-refractivity contribution in [2.75, 3.05) is 24.2 Å². The topological polar surface area (TPSA) is 80.5 Å². The molecule has 2 heterocycles. The van der Waals surface area contributed by atoms with Gasteiger partial charge in [-0.2, -0.15) is 23.3 Å². The number of rotatable bonds is 5. The van der Waals surface area contributed by atoms with Gasteiger partial charge in [0.05, 0.1) is 0 Å². The van der Waals surface area contributed by atoms with Crippen LogP contribution in [0.5, 0.6) is 0 Å². The molecule has 0 bridgehead atoms. The van der Waals surface area contributed by atoms with Crippen molar-refractivity contribution in [1.82, 2.24) is 24.7 Å². The van der Waals surface area contributed by atoms with Gasteiger partial charge < -0.3 is 10.6 Å². The van der Waals surface area contributed by atoms with E-state index in [9.17, 15) is 13.2 Å². The number of nitrogens with zero attached hydrogens (tertiary/aromatic N) is 5. The van der Waals surface area contributed by atoms with Crippen LogP contribution in [-0.4, -0.2) is 38.3 Å². The van der Waals surface area contributed by atoms with E-state index >= 15 is 0 Å². The van der Waals surface area contributed by atoms with Crippen LogP contribution in [0.3, 0.4) is 0 Å². The number of anilines is 2. The second-order valence-electron chi connectivity index (χ2n) is 4.22. The summed E-state index contributed by atoms with van der Waals surface area (Å²) in [6, 6.07) is 0.868. The van der Waals surface area contributed by atoms with E-state index in [1.807, 2.05) is 0 Å². The molecule has 114 valence electrons. The van der Waals surface area contributed by atoms with E-state index in [-0.39, 0.29) is 11.8 Å². The first-order valence-electron chi connectivity index (χ1n) is 6.11. The second kappa shape index (κ2) is 5.94. The van der Waals surface area contributed by atoms with Crippen LogP contribution in [-0.2, 0) is 19.6 Å². The summed E-state index contributed by atoms with van der Waals surface area (Å²) in [6.45, 7) is 0.363. The minimum absolute atomic E-state index is 0.0942. The first kappa shape index (κ1) is 15.0. The molecule has 0 aromatic carbocycles. The van der Waals surface area contributed by atoms with E-state index in [2.05, 4.69) is 30.7 Å². The van der Waals surface area contributed by atoms with E-state index in [1.54, 1.807) is 18.1 Å². The predicted molar refractivity (Wildman–Crippen MR) is 69.8 cm³/mol. The molecule has 2 N–H and O–H groups in total. The molecule has 2 aromatic heterocycles. The van der Waals surface area contributed by atoms with Gasteiger partial charge in [-0.15, -0.1) is 0 Å². The predicted octanol–water partition coefficient (Wildman–Crippen LogP) is 1.32. The highest BCUT2D eigenvalue weighted by Gasteiger charge is 2.33. The molecule has 2 aromatic rings. The molecule has 0 unspecified atom stereocenters. The van der Waals surface area contributed by atoms with Gasteiger partial charge in [0.15, 0.2) is 11.5 Å². The Labute approximate surface area is 118 Å². The number of hydrogen-bond donors (Lipinski definition) is 2. The third-order valence-corrected chi connectivity index (χ3v) is 2.54. The molecular weight excluding hydrogens is 287 g/mol. The van der Waals surface area contributed by atoms with Crippen molar-refractivity contribution in [3.8, 4) is 0 Å². The summed E-state index contributed by atoms with van der Waals surface area (Å²) < 4.78 is 39.7. The molecule has 2 rings (SSSR count). The molecule has 10 heteroatoms. The lowest BCUT2D eigenvalue weighted by molar-refractivity contribution is -0.141. The maximum absolute atomic E-state index is 12.7. The van der Waals surface area contributed by atoms with Crippen molar-refractivity contribution in [2.24, 2.45) is 7.05 Å². The zero-order chi connectivity index (χ0) is 15.5. The Bertz CT molecular complexity index is 608. The third kappa shape index (κ3) is 4.04. The monoisotopic (exact) mass is 301 g/mol. The van der Waals surface area contributed by atoms with Gasteiger partial charge in [0.2, 0.25) is 5.95 Å². The van der Waals surface area contributed by atoms with Crippen LogP contribution in [0, 0.1) is 0 Å². The van der Waals surface area contributed by atoms with Crippen LogP contribution in [0.4, 0.5) is 24.9 Å². The first-order valence-corrected chi connectivity index (χ1v) is 6.11. The average molecular weight is 301 g/mol. The molecule has 21 heavy (non-hydrogen) atoms. The summed E-state index contributed by atoms with van der Waals surface area (Å²) in [5.74, 6) is 0.602. The normalized spacial score (nSPS) is 11.5. The highest BCUT2D eigenvalue weighted by Crippen LogP contribution is 2.29. The van der Waals surface area contributed by atoms with Crippen LogP contribution in [0.1, 0.15) is 11.5 Å². The zero-order valence-corrected chi connectivity index (χ0v) is 11.4. The van der Waals surface area contributed by atoms with Crippen molar-refractivity contribution >= 4 is 11.8 Å². The third-order valence-electron chi connectivity index (χ3n) is 2.54. The van der Waals surface area contributed by atoms with Crippen LogP contribution in [0.25, 0.3) is 0 Å². The molecular formula is C11H14F3N7. The van der Waals surface area contributed by atoms with Crippen molar-refractivity contribution in [3.05, 3.63) is 23.9 Å². The lowest BCUT2D eigenvalue weighted by atomic mass is 10.3. The summed E-state index contributed by atoms with van der Waals surface area (Å²) in [7, 11) is 3.19. The Balaban J connectivity index is 2.05. The van der Waals surface area contributed by atoms with Gasteiger partial charge in [-0.25, -0.2) is 9.97 Å². The fraction of sp³-hybridized carbons (Fsp3) is 0.455. The first-order chi connectivity index (χ1) is 9.88. The number of alkyl halides is 3. The zero-order valence-electron chi connectivity index (χ0n) is 11.4. The molecule has 0 aliphatic rings. The van der Waals surface area contributed by atoms with Crippen molar-refractivity contribution in [1.29, 1.82) is 0 Å². The minimum Gasteiger partial charge on any atom is -0.369 e. The average Bonchev–Trinajstić information content (AvgIpc) is 2.83. The highest BCUT2D eigenvalue weighted by molar-refractivity contribution is 5.42. The lowest BCUT2D eigenvalue weighted by Crippen LogP contribution is -2.14. The second-order valence-corrected chi connectivity index (χ2v) is 4.22. The minimum atomic E-state index is -4.52. The molecule has 0 aliphatic heterocycles. The maximum Gasteiger partial charge on any atom is 0.433 e. The molecule has 0 saturated carbocycles. The number of halogens is 3. The molecule has 0 radical (unpaired) electrons. The van der Waals surface area contributed by atoms with Gasteiger partial charge in [0, 0.05) is 33.1 Å². The van der Waals surface area contributed by atoms with Crippen LogP contribution in [0.2, 0.25) is 0 Å². The number of aromatic nitrogens is 5. The molecule has 0 aliphatic carbocycles. The van der Waals surface area contributed by atoms with E-state index in [4.69, 9.17) is 0 Å². The van der Waals surface area contributed by atoms with Crippen molar-refractivity contribution in [3.63, 3.8) is 0 Å². The van der Waals surface area contributed by atoms with E-state index in [0.29, 0.717) is 18.8 Å². The number of aryl methyl sites for hydroxylation is 1. The van der Waals surface area contributed by atoms with Gasteiger partial charge in [0.1, 0.15) is 12.1 Å². The highest BCUT2D eigenvalue weighted by atomic mass is 19.4. The van der Waals surface area contributed by atoms with Gasteiger partial charge in [-0.3, -0.25) is 4.68 Å². The maximum atomic E-state index is 12.7. The van der Waals surface area contributed by atoms with Crippen LogP contribution >= 0.6 is 0 Å². The lowest BCUT2D eigenvalue weighted by Gasteiger charge is -2.11. The van der Waals surface area contributed by atoms with Gasteiger partial charge in [-0.1, -0.05) is 0 Å². The Morgan fingerprint density at radius 1 is 1.29 bits per heavy atom. The van der Waals surface area contributed by atoms with Crippen LogP contribution < -0.4 is 10.6 Å². The molecule has 0 fully saturated rings. The van der Waals surface area contributed by atoms with Gasteiger partial charge in [-0.05, 0) is 0 Å².